The lowest BCUT2D eigenvalue weighted by atomic mass is 9.95. The molecule has 0 aliphatic rings. The first-order valence-electron chi connectivity index (χ1n) is 7.10. The Morgan fingerprint density at radius 3 is 2.08 bits per heavy atom. The largest absolute Gasteiger partial charge is 0.462 e. The lowest BCUT2D eigenvalue weighted by Crippen LogP contribution is -2.15. The fourth-order valence-electron chi connectivity index (χ4n) is 2.32. The number of benzene rings is 2. The molecule has 0 bridgehead atoms. The van der Waals surface area contributed by atoms with Gasteiger partial charge in [0.05, 0.1) is 23.3 Å². The zero-order valence-electron chi connectivity index (χ0n) is 12.8. The van der Waals surface area contributed by atoms with Crippen LogP contribution in [0.5, 0.6) is 0 Å². The van der Waals surface area contributed by atoms with Gasteiger partial charge in [-0.05, 0) is 36.2 Å². The molecule has 0 fully saturated rings. The maximum absolute atomic E-state index is 13.2. The van der Waals surface area contributed by atoms with Crippen LogP contribution in [0.4, 0.5) is 26.3 Å². The molecule has 0 N–H and O–H groups in total. The second-order valence-corrected chi connectivity index (χ2v) is 5.02. The molecule has 0 radical (unpaired) electrons. The van der Waals surface area contributed by atoms with Gasteiger partial charge in [0.25, 0.3) is 0 Å². The SMILES string of the molecule is CCOC(=O)c1ccc(-c2ccccc2C(F)(F)F)cc1C(F)(F)F. The van der Waals surface area contributed by atoms with E-state index in [4.69, 9.17) is 0 Å². The summed E-state index contributed by atoms with van der Waals surface area (Å²) in [5.41, 5.74) is -3.86. The summed E-state index contributed by atoms with van der Waals surface area (Å²) in [6.07, 6.45) is -9.65. The van der Waals surface area contributed by atoms with Crippen LogP contribution in [0.2, 0.25) is 0 Å². The van der Waals surface area contributed by atoms with Gasteiger partial charge in [0.15, 0.2) is 0 Å². The molecule has 8 heteroatoms. The molecular formula is C17H12F6O2. The van der Waals surface area contributed by atoms with Crippen molar-refractivity contribution in [1.82, 2.24) is 0 Å². The molecule has 0 heterocycles. The smallest absolute Gasteiger partial charge is 0.417 e. The van der Waals surface area contributed by atoms with Gasteiger partial charge in [-0.1, -0.05) is 24.3 Å². The van der Waals surface area contributed by atoms with E-state index in [1.54, 1.807) is 0 Å². The molecule has 0 spiro atoms. The molecule has 134 valence electrons. The Labute approximate surface area is 139 Å². The minimum Gasteiger partial charge on any atom is -0.462 e. The van der Waals surface area contributed by atoms with Crippen LogP contribution in [0, 0.1) is 0 Å². The number of hydrogen-bond acceptors (Lipinski definition) is 2. The van der Waals surface area contributed by atoms with Crippen molar-refractivity contribution in [2.75, 3.05) is 6.61 Å². The number of carbonyl (C=O) groups is 1. The predicted octanol–water partition coefficient (Wildman–Crippen LogP) is 5.57. The van der Waals surface area contributed by atoms with Crippen molar-refractivity contribution in [3.05, 3.63) is 59.2 Å². The average Bonchev–Trinajstić information content (AvgIpc) is 2.53. The minimum absolute atomic E-state index is 0.130. The molecule has 0 saturated heterocycles. The first-order chi connectivity index (χ1) is 11.6. The minimum atomic E-state index is -4.93. The van der Waals surface area contributed by atoms with E-state index >= 15 is 0 Å². The molecule has 2 rings (SSSR count). The third-order valence-corrected chi connectivity index (χ3v) is 3.36. The van der Waals surface area contributed by atoms with Gasteiger partial charge in [-0.25, -0.2) is 4.79 Å². The van der Waals surface area contributed by atoms with Crippen molar-refractivity contribution in [3.63, 3.8) is 0 Å². The molecule has 25 heavy (non-hydrogen) atoms. The van der Waals surface area contributed by atoms with E-state index in [0.29, 0.717) is 6.07 Å². The summed E-state index contributed by atoms with van der Waals surface area (Å²) < 4.78 is 83.6. The highest BCUT2D eigenvalue weighted by molar-refractivity contribution is 5.92. The molecule has 2 aromatic rings. The summed E-state index contributed by atoms with van der Waals surface area (Å²) >= 11 is 0. The number of alkyl halides is 6. The summed E-state index contributed by atoms with van der Waals surface area (Å²) in [5, 5.41) is 0. The summed E-state index contributed by atoms with van der Waals surface area (Å²) in [7, 11) is 0. The standard InChI is InChI=1S/C17H12F6O2/c1-2-25-15(24)12-8-7-10(9-14(12)17(21,22)23)11-5-3-4-6-13(11)16(18,19)20/h3-9H,2H2,1H3. The molecule has 2 nitrogen and oxygen atoms in total. The van der Waals surface area contributed by atoms with Gasteiger partial charge in [-0.2, -0.15) is 26.3 Å². The molecule has 2 aromatic carbocycles. The van der Waals surface area contributed by atoms with E-state index in [1.807, 2.05) is 0 Å². The normalized spacial score (nSPS) is 12.1. The molecule has 0 saturated carbocycles. The van der Waals surface area contributed by atoms with E-state index in [-0.39, 0.29) is 12.2 Å². The van der Waals surface area contributed by atoms with Gasteiger partial charge >= 0.3 is 18.3 Å². The van der Waals surface area contributed by atoms with Crippen molar-refractivity contribution in [3.8, 4) is 11.1 Å². The molecule has 0 aromatic heterocycles. The molecule has 0 unspecified atom stereocenters. The lowest BCUT2D eigenvalue weighted by molar-refractivity contribution is -0.138. The number of hydrogen-bond donors (Lipinski definition) is 0. The van der Waals surface area contributed by atoms with Crippen LogP contribution in [0.1, 0.15) is 28.4 Å². The highest BCUT2D eigenvalue weighted by atomic mass is 19.4. The summed E-state index contributed by atoms with van der Waals surface area (Å²) in [6, 6.07) is 6.66. The maximum atomic E-state index is 13.2. The van der Waals surface area contributed by atoms with Crippen LogP contribution in [-0.4, -0.2) is 12.6 Å². The van der Waals surface area contributed by atoms with Crippen LogP contribution in [-0.2, 0) is 17.1 Å². The Morgan fingerprint density at radius 1 is 0.920 bits per heavy atom. The monoisotopic (exact) mass is 362 g/mol. The lowest BCUT2D eigenvalue weighted by Gasteiger charge is -2.16. The van der Waals surface area contributed by atoms with E-state index in [2.05, 4.69) is 4.74 Å². The third kappa shape index (κ3) is 4.12. The number of esters is 1. The van der Waals surface area contributed by atoms with Gasteiger partial charge < -0.3 is 4.74 Å². The van der Waals surface area contributed by atoms with E-state index < -0.39 is 40.6 Å². The second-order valence-electron chi connectivity index (χ2n) is 5.02. The van der Waals surface area contributed by atoms with Crippen LogP contribution in [0.25, 0.3) is 11.1 Å². The highest BCUT2D eigenvalue weighted by Crippen LogP contribution is 2.40. The van der Waals surface area contributed by atoms with E-state index in [1.165, 1.54) is 13.0 Å². The van der Waals surface area contributed by atoms with Gasteiger partial charge in [0, 0.05) is 0 Å². The van der Waals surface area contributed by atoms with Crippen molar-refractivity contribution >= 4 is 5.97 Å². The topological polar surface area (TPSA) is 26.3 Å². The van der Waals surface area contributed by atoms with Crippen LogP contribution in [0.3, 0.4) is 0 Å². The maximum Gasteiger partial charge on any atom is 0.417 e. The van der Waals surface area contributed by atoms with Crippen LogP contribution in [0.15, 0.2) is 42.5 Å². The Kier molecular flexibility index (Phi) is 5.10. The highest BCUT2D eigenvalue weighted by Gasteiger charge is 2.37. The van der Waals surface area contributed by atoms with E-state index in [9.17, 15) is 31.1 Å². The first-order valence-corrected chi connectivity index (χ1v) is 7.10. The van der Waals surface area contributed by atoms with Gasteiger partial charge in [-0.15, -0.1) is 0 Å². The fraction of sp³-hybridized carbons (Fsp3) is 0.235. The molecule has 0 amide bonds. The predicted molar refractivity (Wildman–Crippen MR) is 77.8 cm³/mol. The van der Waals surface area contributed by atoms with Crippen molar-refractivity contribution in [2.45, 2.75) is 19.3 Å². The molecule has 0 aliphatic heterocycles. The zero-order valence-corrected chi connectivity index (χ0v) is 12.8. The van der Waals surface area contributed by atoms with Crippen LogP contribution >= 0.6 is 0 Å². The molecular weight excluding hydrogens is 350 g/mol. The quantitative estimate of drug-likeness (QED) is 0.527. The Bertz CT molecular complexity index is 777. The molecule has 0 atom stereocenters. The van der Waals surface area contributed by atoms with Crippen molar-refractivity contribution in [1.29, 1.82) is 0 Å². The van der Waals surface area contributed by atoms with Gasteiger partial charge in [0.2, 0.25) is 0 Å². The summed E-state index contributed by atoms with van der Waals surface area (Å²) in [4.78, 5) is 11.7. The average molecular weight is 362 g/mol. The third-order valence-electron chi connectivity index (χ3n) is 3.36. The zero-order chi connectivity index (χ0) is 18.8. The molecule has 0 aliphatic carbocycles. The Balaban J connectivity index is 2.65. The second kappa shape index (κ2) is 6.78. The summed E-state index contributed by atoms with van der Waals surface area (Å²) in [5.74, 6) is -1.19. The number of halogens is 6. The number of carbonyl (C=O) groups excluding carboxylic acids is 1. The van der Waals surface area contributed by atoms with Crippen molar-refractivity contribution in [2.24, 2.45) is 0 Å². The Hall–Kier alpha value is -2.51. The van der Waals surface area contributed by atoms with Crippen molar-refractivity contribution < 1.29 is 35.9 Å². The van der Waals surface area contributed by atoms with Gasteiger partial charge in [0.1, 0.15) is 0 Å². The fourth-order valence-corrected chi connectivity index (χ4v) is 2.32. The van der Waals surface area contributed by atoms with E-state index in [0.717, 1.165) is 30.3 Å². The number of rotatable bonds is 3. The Morgan fingerprint density at radius 2 is 1.52 bits per heavy atom. The number of ether oxygens (including phenoxy) is 1. The first kappa shape index (κ1) is 18.8. The van der Waals surface area contributed by atoms with Gasteiger partial charge in [-0.3, -0.25) is 0 Å². The summed E-state index contributed by atoms with van der Waals surface area (Å²) in [6.45, 7) is 1.30. The van der Waals surface area contributed by atoms with Crippen LogP contribution < -0.4 is 0 Å².